The average molecular weight is 368 g/mol. The van der Waals surface area contributed by atoms with Crippen LogP contribution in [0.5, 0.6) is 11.5 Å². The number of nitrogens with one attached hydrogen (secondary N) is 1. The number of hydrogen-bond acceptors (Lipinski definition) is 4. The van der Waals surface area contributed by atoms with Gasteiger partial charge in [-0.15, -0.1) is 0 Å². The van der Waals surface area contributed by atoms with Crippen LogP contribution < -0.4 is 19.7 Å². The summed E-state index contributed by atoms with van der Waals surface area (Å²) in [6, 6.07) is 15.9. The van der Waals surface area contributed by atoms with Crippen LogP contribution in [0.4, 0.5) is 5.69 Å². The summed E-state index contributed by atoms with van der Waals surface area (Å²) in [7, 11) is 3.62. The molecule has 2 rings (SSSR count). The molecule has 1 amide bonds. The lowest BCUT2D eigenvalue weighted by Gasteiger charge is -2.27. The molecule has 0 saturated heterocycles. The number of methoxy groups -OCH3 is 1. The molecule has 0 spiro atoms. The molecule has 2 aromatic rings. The maximum Gasteiger partial charge on any atom is 0.244 e. The number of para-hydroxylation sites is 1. The van der Waals surface area contributed by atoms with Gasteiger partial charge < -0.3 is 19.7 Å². The number of rotatable bonds is 9. The van der Waals surface area contributed by atoms with Gasteiger partial charge in [-0.1, -0.05) is 24.3 Å². The minimum atomic E-state index is -0.129. The fourth-order valence-electron chi connectivity index (χ4n) is 2.60. The molecule has 5 nitrogen and oxygen atoms in total. The summed E-state index contributed by atoms with van der Waals surface area (Å²) in [6.07, 6.45) is 3.30. The van der Waals surface area contributed by atoms with E-state index in [0.717, 1.165) is 11.3 Å². The Labute approximate surface area is 161 Å². The van der Waals surface area contributed by atoms with Crippen molar-refractivity contribution in [1.29, 1.82) is 0 Å². The molecule has 5 heteroatoms. The van der Waals surface area contributed by atoms with E-state index in [4.69, 9.17) is 9.47 Å². The van der Waals surface area contributed by atoms with Gasteiger partial charge in [0.2, 0.25) is 5.91 Å². The quantitative estimate of drug-likeness (QED) is 0.685. The predicted octanol–water partition coefficient (Wildman–Crippen LogP) is 3.75. The SMILES string of the molecule is CCOc1ccc(C=CC(=O)NCC(C)N(C)c2ccccc2)cc1OC. The van der Waals surface area contributed by atoms with Crippen LogP contribution >= 0.6 is 0 Å². The van der Waals surface area contributed by atoms with E-state index in [2.05, 4.69) is 29.3 Å². The van der Waals surface area contributed by atoms with Crippen LogP contribution in [0.25, 0.3) is 6.08 Å². The fraction of sp³-hybridized carbons (Fsp3) is 0.318. The first kappa shape index (κ1) is 20.4. The van der Waals surface area contributed by atoms with Gasteiger partial charge in [0.1, 0.15) is 0 Å². The Morgan fingerprint density at radius 3 is 2.59 bits per heavy atom. The summed E-state index contributed by atoms with van der Waals surface area (Å²) >= 11 is 0. The van der Waals surface area contributed by atoms with Gasteiger partial charge >= 0.3 is 0 Å². The highest BCUT2D eigenvalue weighted by molar-refractivity contribution is 5.91. The number of carbonyl (C=O) groups excluding carboxylic acids is 1. The number of benzene rings is 2. The first-order valence-electron chi connectivity index (χ1n) is 9.09. The zero-order valence-corrected chi connectivity index (χ0v) is 16.4. The van der Waals surface area contributed by atoms with Crippen molar-refractivity contribution in [3.05, 3.63) is 60.2 Å². The smallest absolute Gasteiger partial charge is 0.244 e. The van der Waals surface area contributed by atoms with E-state index in [0.29, 0.717) is 24.7 Å². The summed E-state index contributed by atoms with van der Waals surface area (Å²) < 4.78 is 10.8. The summed E-state index contributed by atoms with van der Waals surface area (Å²) in [4.78, 5) is 14.3. The normalized spacial score (nSPS) is 11.9. The van der Waals surface area contributed by atoms with Crippen molar-refractivity contribution in [2.75, 3.05) is 32.2 Å². The van der Waals surface area contributed by atoms with Gasteiger partial charge in [0, 0.05) is 31.4 Å². The standard InChI is InChI=1S/C22H28N2O3/c1-5-27-20-13-11-18(15-21(20)26-4)12-14-22(25)23-16-17(2)24(3)19-9-7-6-8-10-19/h6-15,17H,5,16H2,1-4H3,(H,23,25). The van der Waals surface area contributed by atoms with Crippen LogP contribution in [0.15, 0.2) is 54.6 Å². The Morgan fingerprint density at radius 1 is 1.19 bits per heavy atom. The minimum Gasteiger partial charge on any atom is -0.493 e. The molecular weight excluding hydrogens is 340 g/mol. The largest absolute Gasteiger partial charge is 0.493 e. The first-order valence-corrected chi connectivity index (χ1v) is 9.09. The van der Waals surface area contributed by atoms with Crippen LogP contribution in [-0.2, 0) is 4.79 Å². The minimum absolute atomic E-state index is 0.129. The molecule has 27 heavy (non-hydrogen) atoms. The van der Waals surface area contributed by atoms with Crippen molar-refractivity contribution in [3.63, 3.8) is 0 Å². The summed E-state index contributed by atoms with van der Waals surface area (Å²) in [5.74, 6) is 1.22. The zero-order valence-electron chi connectivity index (χ0n) is 16.4. The molecule has 0 saturated carbocycles. The molecule has 0 fully saturated rings. The Hall–Kier alpha value is -2.95. The lowest BCUT2D eigenvalue weighted by molar-refractivity contribution is -0.116. The van der Waals surface area contributed by atoms with E-state index in [-0.39, 0.29) is 11.9 Å². The lowest BCUT2D eigenvalue weighted by Crippen LogP contribution is -2.39. The maximum absolute atomic E-state index is 12.1. The van der Waals surface area contributed by atoms with Gasteiger partial charge in [0.05, 0.1) is 13.7 Å². The van der Waals surface area contributed by atoms with E-state index in [9.17, 15) is 4.79 Å². The van der Waals surface area contributed by atoms with Gasteiger partial charge in [-0.2, -0.15) is 0 Å². The second-order valence-corrected chi connectivity index (χ2v) is 6.22. The number of anilines is 1. The second kappa shape index (κ2) is 10.3. The predicted molar refractivity (Wildman–Crippen MR) is 111 cm³/mol. The molecule has 2 aromatic carbocycles. The Bertz CT molecular complexity index is 759. The number of carbonyl (C=O) groups is 1. The molecule has 0 aliphatic heterocycles. The van der Waals surface area contributed by atoms with E-state index >= 15 is 0 Å². The number of amides is 1. The third-order valence-electron chi connectivity index (χ3n) is 4.31. The van der Waals surface area contributed by atoms with Gasteiger partial charge in [-0.3, -0.25) is 4.79 Å². The molecule has 0 aromatic heterocycles. The number of hydrogen-bond donors (Lipinski definition) is 1. The Kier molecular flexibility index (Phi) is 7.74. The third kappa shape index (κ3) is 6.06. The number of likely N-dealkylation sites (N-methyl/N-ethyl adjacent to an activating group) is 1. The van der Waals surface area contributed by atoms with Crippen LogP contribution in [-0.4, -0.2) is 39.3 Å². The molecule has 1 atom stereocenters. The number of ether oxygens (including phenoxy) is 2. The molecule has 0 heterocycles. The molecule has 0 aliphatic rings. The van der Waals surface area contributed by atoms with E-state index in [1.165, 1.54) is 6.08 Å². The maximum atomic E-state index is 12.1. The van der Waals surface area contributed by atoms with Crippen LogP contribution in [0, 0.1) is 0 Å². The van der Waals surface area contributed by atoms with Crippen molar-refractivity contribution in [2.45, 2.75) is 19.9 Å². The molecule has 0 radical (unpaired) electrons. The molecule has 144 valence electrons. The van der Waals surface area contributed by atoms with Gasteiger partial charge in [0.15, 0.2) is 11.5 Å². The number of nitrogens with zero attached hydrogens (tertiary/aromatic N) is 1. The molecule has 1 unspecified atom stereocenters. The summed E-state index contributed by atoms with van der Waals surface area (Å²) in [6.45, 7) is 5.13. The summed E-state index contributed by atoms with van der Waals surface area (Å²) in [5, 5.41) is 2.94. The van der Waals surface area contributed by atoms with Crippen LogP contribution in [0.3, 0.4) is 0 Å². The Balaban J connectivity index is 1.89. The average Bonchev–Trinajstić information content (AvgIpc) is 2.71. The molecule has 0 aliphatic carbocycles. The lowest BCUT2D eigenvalue weighted by atomic mass is 10.2. The highest BCUT2D eigenvalue weighted by atomic mass is 16.5. The first-order chi connectivity index (χ1) is 13.0. The van der Waals surface area contributed by atoms with Crippen molar-refractivity contribution >= 4 is 17.7 Å². The Morgan fingerprint density at radius 2 is 1.93 bits per heavy atom. The molecule has 0 bridgehead atoms. The molecule has 1 N–H and O–H groups in total. The molecular formula is C22H28N2O3. The van der Waals surface area contributed by atoms with Crippen molar-refractivity contribution in [2.24, 2.45) is 0 Å². The van der Waals surface area contributed by atoms with Gasteiger partial charge in [-0.25, -0.2) is 0 Å². The van der Waals surface area contributed by atoms with Crippen LogP contribution in [0.1, 0.15) is 19.4 Å². The van der Waals surface area contributed by atoms with E-state index < -0.39 is 0 Å². The third-order valence-corrected chi connectivity index (χ3v) is 4.31. The highest BCUT2D eigenvalue weighted by Gasteiger charge is 2.10. The van der Waals surface area contributed by atoms with Crippen LogP contribution in [0.2, 0.25) is 0 Å². The van der Waals surface area contributed by atoms with Gasteiger partial charge in [-0.05, 0) is 49.8 Å². The topological polar surface area (TPSA) is 50.8 Å². The monoisotopic (exact) mass is 368 g/mol. The highest BCUT2D eigenvalue weighted by Crippen LogP contribution is 2.28. The van der Waals surface area contributed by atoms with Gasteiger partial charge in [0.25, 0.3) is 0 Å². The van der Waals surface area contributed by atoms with E-state index in [1.54, 1.807) is 13.2 Å². The summed E-state index contributed by atoms with van der Waals surface area (Å²) in [5.41, 5.74) is 2.00. The zero-order chi connectivity index (χ0) is 19.6. The van der Waals surface area contributed by atoms with Crippen molar-refractivity contribution < 1.29 is 14.3 Å². The second-order valence-electron chi connectivity index (χ2n) is 6.22. The van der Waals surface area contributed by atoms with Crippen molar-refractivity contribution in [1.82, 2.24) is 5.32 Å². The van der Waals surface area contributed by atoms with E-state index in [1.807, 2.05) is 50.4 Å². The fourth-order valence-corrected chi connectivity index (χ4v) is 2.60. The van der Waals surface area contributed by atoms with Crippen molar-refractivity contribution in [3.8, 4) is 11.5 Å².